The van der Waals surface area contributed by atoms with E-state index in [-0.39, 0.29) is 17.4 Å². The fourth-order valence-electron chi connectivity index (χ4n) is 3.40. The van der Waals surface area contributed by atoms with Crippen LogP contribution in [0.15, 0.2) is 28.2 Å². The number of urea groups is 1. The molecule has 2 fully saturated rings. The molecule has 3 rings (SSSR count). The number of carbonyl (C=O) groups is 4. The molecule has 9 heteroatoms. The zero-order chi connectivity index (χ0) is 20.3. The van der Waals surface area contributed by atoms with Gasteiger partial charge in [0.1, 0.15) is 11.3 Å². The Morgan fingerprint density at radius 1 is 1.25 bits per heavy atom. The molecule has 1 aliphatic carbocycles. The number of carbonyl (C=O) groups excluding carboxylic acids is 3. The van der Waals surface area contributed by atoms with Crippen LogP contribution in [0.5, 0.6) is 5.75 Å². The topological polar surface area (TPSA) is 113 Å². The number of carboxylic acids is 1. The van der Waals surface area contributed by atoms with Gasteiger partial charge in [-0.15, -0.1) is 0 Å². The molecule has 28 heavy (non-hydrogen) atoms. The molecule has 1 saturated heterocycles. The maximum atomic E-state index is 12.9. The minimum atomic E-state index is -1.15. The Bertz CT molecular complexity index is 860. The predicted octanol–water partition coefficient (Wildman–Crippen LogP) is 2.71. The van der Waals surface area contributed by atoms with E-state index in [1.807, 2.05) is 0 Å². The first-order valence-electron chi connectivity index (χ1n) is 8.91. The molecule has 2 N–H and O–H groups in total. The van der Waals surface area contributed by atoms with E-state index in [2.05, 4.69) is 21.2 Å². The number of ether oxygens (including phenoxy) is 1. The van der Waals surface area contributed by atoms with Crippen molar-refractivity contribution in [1.29, 1.82) is 0 Å². The van der Waals surface area contributed by atoms with Gasteiger partial charge in [-0.25, -0.2) is 9.59 Å². The summed E-state index contributed by atoms with van der Waals surface area (Å²) in [7, 11) is 0. The molecule has 1 aromatic rings. The lowest BCUT2D eigenvalue weighted by molar-refractivity contribution is -0.139. The first-order chi connectivity index (χ1) is 13.4. The van der Waals surface area contributed by atoms with Crippen LogP contribution in [0.3, 0.4) is 0 Å². The quantitative estimate of drug-likeness (QED) is 0.526. The molecule has 0 atom stereocenters. The Balaban J connectivity index is 1.94. The first-order valence-corrected chi connectivity index (χ1v) is 9.71. The van der Waals surface area contributed by atoms with Gasteiger partial charge in [-0.2, -0.15) is 0 Å². The standard InChI is InChI=1S/C19H19BrN2O6/c20-12-6-7-15(28-10-16(23)24)11(8-12)9-14-17(25)21-19(27)22(18(14)26)13-4-2-1-3-5-13/h6-9,13H,1-5,10H2,(H,23,24)(H,21,25,27). The third-order valence-electron chi connectivity index (χ3n) is 4.70. The highest BCUT2D eigenvalue weighted by Crippen LogP contribution is 2.29. The van der Waals surface area contributed by atoms with Crippen LogP contribution < -0.4 is 10.1 Å². The van der Waals surface area contributed by atoms with Crippen molar-refractivity contribution in [3.05, 3.63) is 33.8 Å². The van der Waals surface area contributed by atoms with Gasteiger partial charge in [0, 0.05) is 16.1 Å². The average molecular weight is 451 g/mol. The van der Waals surface area contributed by atoms with Gasteiger partial charge in [0.25, 0.3) is 11.8 Å². The van der Waals surface area contributed by atoms with E-state index in [1.54, 1.807) is 12.1 Å². The molecule has 0 radical (unpaired) electrons. The number of hydrogen-bond donors (Lipinski definition) is 2. The molecule has 1 aliphatic heterocycles. The Kier molecular flexibility index (Phi) is 6.13. The Labute approximate surface area is 169 Å². The summed E-state index contributed by atoms with van der Waals surface area (Å²) in [6, 6.07) is 3.86. The SMILES string of the molecule is O=C(O)COc1ccc(Br)cc1C=C1C(=O)NC(=O)N(C2CCCCC2)C1=O. The molecular weight excluding hydrogens is 432 g/mol. The van der Waals surface area contributed by atoms with Crippen LogP contribution in [-0.4, -0.2) is 46.5 Å². The summed E-state index contributed by atoms with van der Waals surface area (Å²) < 4.78 is 5.90. The number of rotatable bonds is 5. The third-order valence-corrected chi connectivity index (χ3v) is 5.19. The first kappa shape index (κ1) is 20.1. The summed E-state index contributed by atoms with van der Waals surface area (Å²) in [6.45, 7) is -0.565. The van der Waals surface area contributed by atoms with Crippen molar-refractivity contribution >= 4 is 45.8 Å². The summed E-state index contributed by atoms with van der Waals surface area (Å²) in [4.78, 5) is 49.4. The molecule has 0 aromatic heterocycles. The van der Waals surface area contributed by atoms with Crippen molar-refractivity contribution < 1.29 is 29.0 Å². The lowest BCUT2D eigenvalue weighted by Gasteiger charge is -2.35. The van der Waals surface area contributed by atoms with Crippen LogP contribution in [0, 0.1) is 0 Å². The molecule has 1 aromatic carbocycles. The minimum Gasteiger partial charge on any atom is -0.481 e. The average Bonchev–Trinajstić information content (AvgIpc) is 2.65. The maximum absolute atomic E-state index is 12.9. The van der Waals surface area contributed by atoms with Crippen molar-refractivity contribution in [2.75, 3.05) is 6.61 Å². The number of carboxylic acid groups (broad SMARTS) is 1. The summed E-state index contributed by atoms with van der Waals surface area (Å²) in [5, 5.41) is 11.0. The second-order valence-electron chi connectivity index (χ2n) is 6.65. The number of halogens is 1. The predicted molar refractivity (Wildman–Crippen MR) is 103 cm³/mol. The number of barbiturate groups is 1. The van der Waals surface area contributed by atoms with Crippen LogP contribution >= 0.6 is 15.9 Å². The fourth-order valence-corrected chi connectivity index (χ4v) is 3.78. The number of imide groups is 2. The Hall–Kier alpha value is -2.68. The minimum absolute atomic E-state index is 0.191. The largest absolute Gasteiger partial charge is 0.481 e. The van der Waals surface area contributed by atoms with E-state index in [0.717, 1.165) is 24.2 Å². The van der Waals surface area contributed by atoms with E-state index < -0.39 is 30.4 Å². The number of nitrogens with zero attached hydrogens (tertiary/aromatic N) is 1. The van der Waals surface area contributed by atoms with Gasteiger partial charge in [-0.05, 0) is 37.1 Å². The summed E-state index contributed by atoms with van der Waals surface area (Å²) in [5.74, 6) is -2.38. The van der Waals surface area contributed by atoms with E-state index >= 15 is 0 Å². The van der Waals surface area contributed by atoms with Gasteiger partial charge in [0.2, 0.25) is 0 Å². The van der Waals surface area contributed by atoms with E-state index in [4.69, 9.17) is 9.84 Å². The molecule has 1 saturated carbocycles. The van der Waals surface area contributed by atoms with Gasteiger partial charge in [0.15, 0.2) is 6.61 Å². The third kappa shape index (κ3) is 4.41. The fraction of sp³-hybridized carbons (Fsp3) is 0.368. The zero-order valence-corrected chi connectivity index (χ0v) is 16.5. The molecule has 0 unspecified atom stereocenters. The molecule has 8 nitrogen and oxygen atoms in total. The summed E-state index contributed by atoms with van der Waals surface area (Å²) >= 11 is 3.30. The molecular formula is C19H19BrN2O6. The Morgan fingerprint density at radius 3 is 2.64 bits per heavy atom. The molecule has 1 heterocycles. The summed E-state index contributed by atoms with van der Waals surface area (Å²) in [6.07, 6.45) is 5.65. The van der Waals surface area contributed by atoms with Crippen LogP contribution in [-0.2, 0) is 14.4 Å². The van der Waals surface area contributed by atoms with E-state index in [0.29, 0.717) is 22.9 Å². The highest BCUT2D eigenvalue weighted by atomic mass is 79.9. The lowest BCUT2D eigenvalue weighted by Crippen LogP contribution is -2.58. The smallest absolute Gasteiger partial charge is 0.341 e. The molecule has 0 bridgehead atoms. The molecule has 148 valence electrons. The van der Waals surface area contributed by atoms with Gasteiger partial charge in [0.05, 0.1) is 0 Å². The summed E-state index contributed by atoms with van der Waals surface area (Å²) in [5.41, 5.74) is 0.163. The van der Waals surface area contributed by atoms with Crippen LogP contribution in [0.4, 0.5) is 4.79 Å². The normalized spacial score (nSPS) is 19.7. The van der Waals surface area contributed by atoms with Crippen LogP contribution in [0.2, 0.25) is 0 Å². The second kappa shape index (κ2) is 8.55. The van der Waals surface area contributed by atoms with Gasteiger partial charge < -0.3 is 9.84 Å². The maximum Gasteiger partial charge on any atom is 0.341 e. The highest BCUT2D eigenvalue weighted by molar-refractivity contribution is 9.10. The molecule has 2 aliphatic rings. The van der Waals surface area contributed by atoms with Crippen molar-refractivity contribution in [2.24, 2.45) is 0 Å². The number of nitrogens with one attached hydrogen (secondary N) is 1. The van der Waals surface area contributed by atoms with Crippen molar-refractivity contribution in [1.82, 2.24) is 10.2 Å². The van der Waals surface area contributed by atoms with Gasteiger partial charge in [-0.1, -0.05) is 35.2 Å². The highest BCUT2D eigenvalue weighted by Gasteiger charge is 2.40. The van der Waals surface area contributed by atoms with Crippen LogP contribution in [0.25, 0.3) is 6.08 Å². The number of amides is 4. The van der Waals surface area contributed by atoms with Crippen molar-refractivity contribution in [3.63, 3.8) is 0 Å². The number of benzene rings is 1. The molecule has 0 spiro atoms. The van der Waals surface area contributed by atoms with Gasteiger partial charge >= 0.3 is 12.0 Å². The number of hydrogen-bond acceptors (Lipinski definition) is 5. The zero-order valence-electron chi connectivity index (χ0n) is 14.9. The van der Waals surface area contributed by atoms with Crippen molar-refractivity contribution in [2.45, 2.75) is 38.1 Å². The second-order valence-corrected chi connectivity index (χ2v) is 7.56. The van der Waals surface area contributed by atoms with E-state index in [9.17, 15) is 19.2 Å². The van der Waals surface area contributed by atoms with E-state index in [1.165, 1.54) is 12.1 Å². The van der Waals surface area contributed by atoms with Crippen molar-refractivity contribution in [3.8, 4) is 5.75 Å². The molecule has 4 amide bonds. The Morgan fingerprint density at radius 2 is 1.96 bits per heavy atom. The monoisotopic (exact) mass is 450 g/mol. The van der Waals surface area contributed by atoms with Gasteiger partial charge in [-0.3, -0.25) is 19.8 Å². The van der Waals surface area contributed by atoms with Crippen LogP contribution in [0.1, 0.15) is 37.7 Å². The number of aliphatic carboxylic acids is 1. The lowest BCUT2D eigenvalue weighted by atomic mass is 9.93.